The van der Waals surface area contributed by atoms with Crippen molar-refractivity contribution < 1.29 is 19.1 Å². The quantitative estimate of drug-likeness (QED) is 0.277. The Kier molecular flexibility index (Phi) is 10.8. The molecule has 0 saturated heterocycles. The highest BCUT2D eigenvalue weighted by Crippen LogP contribution is 2.31. The molecule has 3 rings (SSSR count). The zero-order chi connectivity index (χ0) is 25.6. The zero-order valence-corrected chi connectivity index (χ0v) is 21.2. The van der Waals surface area contributed by atoms with E-state index in [0.29, 0.717) is 35.7 Å². The number of carbonyl (C=O) groups is 2. The molecule has 0 saturated carbocycles. The standard InChI is InChI=1S/C30H36N2O4/c1-3-5-17-31-29(33)25-19-26(30(34)32-18-6-4-2)28(36-22-24-15-11-8-12-16-24)20-27(25)35-21-23-13-9-7-10-14-23/h7-16,19-20H,3-6,17-18,21-22H2,1-2H3,(H,31,33)(H,32,34). The Balaban J connectivity index is 1.94. The minimum absolute atomic E-state index is 0.274. The molecule has 0 radical (unpaired) electrons. The van der Waals surface area contributed by atoms with Crippen molar-refractivity contribution in [2.24, 2.45) is 0 Å². The van der Waals surface area contributed by atoms with Crippen LogP contribution in [0.25, 0.3) is 0 Å². The molecular formula is C30H36N2O4. The smallest absolute Gasteiger partial charge is 0.255 e. The largest absolute Gasteiger partial charge is 0.488 e. The molecule has 0 aliphatic carbocycles. The number of hydrogen-bond donors (Lipinski definition) is 2. The molecule has 0 aromatic heterocycles. The first-order chi connectivity index (χ1) is 17.6. The number of hydrogen-bond acceptors (Lipinski definition) is 4. The summed E-state index contributed by atoms with van der Waals surface area (Å²) in [5.74, 6) is 0.203. The highest BCUT2D eigenvalue weighted by atomic mass is 16.5. The molecule has 2 N–H and O–H groups in total. The maximum atomic E-state index is 13.1. The number of rotatable bonds is 14. The van der Waals surface area contributed by atoms with Gasteiger partial charge in [0.15, 0.2) is 0 Å². The van der Waals surface area contributed by atoms with E-state index in [1.54, 1.807) is 12.1 Å². The van der Waals surface area contributed by atoms with Gasteiger partial charge in [0.05, 0.1) is 11.1 Å². The van der Waals surface area contributed by atoms with Crippen molar-refractivity contribution in [3.8, 4) is 11.5 Å². The van der Waals surface area contributed by atoms with Crippen LogP contribution in [0.4, 0.5) is 0 Å². The van der Waals surface area contributed by atoms with Crippen LogP contribution in [-0.4, -0.2) is 24.9 Å². The van der Waals surface area contributed by atoms with E-state index in [9.17, 15) is 9.59 Å². The lowest BCUT2D eigenvalue weighted by Gasteiger charge is -2.18. The summed E-state index contributed by atoms with van der Waals surface area (Å²) < 4.78 is 12.2. The molecule has 6 heteroatoms. The molecule has 3 aromatic carbocycles. The summed E-state index contributed by atoms with van der Waals surface area (Å²) in [6.45, 7) is 5.82. The van der Waals surface area contributed by atoms with Crippen molar-refractivity contribution in [1.29, 1.82) is 0 Å². The summed E-state index contributed by atoms with van der Waals surface area (Å²) in [6.07, 6.45) is 3.67. The fraction of sp³-hybridized carbons (Fsp3) is 0.333. The van der Waals surface area contributed by atoms with E-state index in [4.69, 9.17) is 9.47 Å². The molecule has 3 aromatic rings. The molecule has 0 heterocycles. The zero-order valence-electron chi connectivity index (χ0n) is 21.2. The van der Waals surface area contributed by atoms with E-state index < -0.39 is 0 Å². The Morgan fingerprint density at radius 1 is 0.639 bits per heavy atom. The molecule has 0 spiro atoms. The fourth-order valence-electron chi connectivity index (χ4n) is 3.57. The topological polar surface area (TPSA) is 76.7 Å². The summed E-state index contributed by atoms with van der Waals surface area (Å²) in [5.41, 5.74) is 2.58. The van der Waals surface area contributed by atoms with Crippen LogP contribution in [0, 0.1) is 0 Å². The summed E-state index contributed by atoms with van der Waals surface area (Å²) in [5, 5.41) is 5.89. The second kappa shape index (κ2) is 14.6. The summed E-state index contributed by atoms with van der Waals surface area (Å²) >= 11 is 0. The average molecular weight is 489 g/mol. The van der Waals surface area contributed by atoms with Crippen molar-refractivity contribution in [2.45, 2.75) is 52.7 Å². The van der Waals surface area contributed by atoms with Gasteiger partial charge in [-0.1, -0.05) is 87.4 Å². The Morgan fingerprint density at radius 3 is 1.44 bits per heavy atom. The van der Waals surface area contributed by atoms with Crippen LogP contribution in [0.2, 0.25) is 0 Å². The molecule has 0 fully saturated rings. The number of ether oxygens (including phenoxy) is 2. The first kappa shape index (κ1) is 26.8. The molecule has 6 nitrogen and oxygen atoms in total. The first-order valence-corrected chi connectivity index (χ1v) is 12.7. The Labute approximate surface area is 214 Å². The molecule has 190 valence electrons. The lowest BCUT2D eigenvalue weighted by atomic mass is 10.1. The number of nitrogens with one attached hydrogen (secondary N) is 2. The number of carbonyl (C=O) groups excluding carboxylic acids is 2. The van der Waals surface area contributed by atoms with Crippen molar-refractivity contribution in [3.05, 3.63) is 95.1 Å². The predicted molar refractivity (Wildman–Crippen MR) is 142 cm³/mol. The van der Waals surface area contributed by atoms with Gasteiger partial charge >= 0.3 is 0 Å². The number of benzene rings is 3. The molecule has 0 aliphatic rings. The van der Waals surface area contributed by atoms with Crippen LogP contribution in [-0.2, 0) is 13.2 Å². The minimum Gasteiger partial charge on any atom is -0.488 e. The van der Waals surface area contributed by atoms with Gasteiger partial charge in [0.1, 0.15) is 24.7 Å². The van der Waals surface area contributed by atoms with Crippen LogP contribution < -0.4 is 20.1 Å². The van der Waals surface area contributed by atoms with Crippen molar-refractivity contribution in [2.75, 3.05) is 13.1 Å². The van der Waals surface area contributed by atoms with Crippen LogP contribution in [0.3, 0.4) is 0 Å². The fourth-order valence-corrected chi connectivity index (χ4v) is 3.57. The van der Waals surface area contributed by atoms with Crippen LogP contribution in [0.1, 0.15) is 71.4 Å². The Morgan fingerprint density at radius 2 is 1.06 bits per heavy atom. The predicted octanol–water partition coefficient (Wildman–Crippen LogP) is 5.90. The molecule has 0 aliphatic heterocycles. The lowest BCUT2D eigenvalue weighted by molar-refractivity contribution is 0.0948. The van der Waals surface area contributed by atoms with E-state index in [0.717, 1.165) is 36.8 Å². The third kappa shape index (κ3) is 8.15. The minimum atomic E-state index is -0.274. The first-order valence-electron chi connectivity index (χ1n) is 12.7. The van der Waals surface area contributed by atoms with Gasteiger partial charge in [0.25, 0.3) is 11.8 Å². The highest BCUT2D eigenvalue weighted by molar-refractivity contribution is 6.03. The van der Waals surface area contributed by atoms with E-state index >= 15 is 0 Å². The maximum Gasteiger partial charge on any atom is 0.255 e. The van der Waals surface area contributed by atoms with E-state index in [1.165, 1.54) is 0 Å². The van der Waals surface area contributed by atoms with Crippen LogP contribution in [0.5, 0.6) is 11.5 Å². The van der Waals surface area contributed by atoms with Crippen LogP contribution >= 0.6 is 0 Å². The molecule has 0 atom stereocenters. The van der Waals surface area contributed by atoms with Gasteiger partial charge in [0, 0.05) is 19.2 Å². The van der Waals surface area contributed by atoms with E-state index in [2.05, 4.69) is 24.5 Å². The molecule has 0 unspecified atom stereocenters. The number of unbranched alkanes of at least 4 members (excludes halogenated alkanes) is 2. The van der Waals surface area contributed by atoms with E-state index in [-0.39, 0.29) is 25.0 Å². The molecule has 2 amide bonds. The third-order valence-electron chi connectivity index (χ3n) is 5.68. The summed E-state index contributed by atoms with van der Waals surface area (Å²) in [4.78, 5) is 26.2. The monoisotopic (exact) mass is 488 g/mol. The van der Waals surface area contributed by atoms with Crippen LogP contribution in [0.15, 0.2) is 72.8 Å². The van der Waals surface area contributed by atoms with Gasteiger partial charge in [-0.3, -0.25) is 9.59 Å². The molecule has 36 heavy (non-hydrogen) atoms. The number of amides is 2. The lowest BCUT2D eigenvalue weighted by Crippen LogP contribution is -2.28. The summed E-state index contributed by atoms with van der Waals surface area (Å²) in [7, 11) is 0. The third-order valence-corrected chi connectivity index (χ3v) is 5.68. The highest BCUT2D eigenvalue weighted by Gasteiger charge is 2.22. The molecule has 0 bridgehead atoms. The van der Waals surface area contributed by atoms with Crippen molar-refractivity contribution in [1.82, 2.24) is 10.6 Å². The molecular weight excluding hydrogens is 452 g/mol. The van der Waals surface area contributed by atoms with Crippen molar-refractivity contribution in [3.63, 3.8) is 0 Å². The Hall–Kier alpha value is -3.80. The van der Waals surface area contributed by atoms with Gasteiger partial charge in [-0.05, 0) is 30.0 Å². The SMILES string of the molecule is CCCCNC(=O)c1cc(C(=O)NCCCC)c(OCc2ccccc2)cc1OCc1ccccc1. The van der Waals surface area contributed by atoms with Gasteiger partial charge in [-0.25, -0.2) is 0 Å². The normalized spacial score (nSPS) is 10.5. The van der Waals surface area contributed by atoms with Gasteiger partial charge in [-0.2, -0.15) is 0 Å². The second-order valence-electron chi connectivity index (χ2n) is 8.61. The van der Waals surface area contributed by atoms with Crippen molar-refractivity contribution >= 4 is 11.8 Å². The van der Waals surface area contributed by atoms with Gasteiger partial charge in [-0.15, -0.1) is 0 Å². The second-order valence-corrected chi connectivity index (χ2v) is 8.61. The van der Waals surface area contributed by atoms with E-state index in [1.807, 2.05) is 60.7 Å². The summed E-state index contributed by atoms with van der Waals surface area (Å²) in [6, 6.07) is 22.7. The Bertz CT molecular complexity index is 1020. The average Bonchev–Trinajstić information content (AvgIpc) is 2.91. The maximum absolute atomic E-state index is 13.1. The van der Waals surface area contributed by atoms with Gasteiger partial charge < -0.3 is 20.1 Å². The van der Waals surface area contributed by atoms with Gasteiger partial charge in [0.2, 0.25) is 0 Å².